The van der Waals surface area contributed by atoms with E-state index in [4.69, 9.17) is 6.42 Å². The summed E-state index contributed by atoms with van der Waals surface area (Å²) in [6.45, 7) is 10.8. The molecule has 1 fully saturated rings. The maximum atomic E-state index is 12.0. The fraction of sp³-hybridized carbons (Fsp3) is 0.632. The van der Waals surface area contributed by atoms with Crippen LogP contribution in [0.25, 0.3) is 0 Å². The lowest BCUT2D eigenvalue weighted by Gasteiger charge is -2.24. The molecule has 2 rings (SSSR count). The summed E-state index contributed by atoms with van der Waals surface area (Å²) in [5.74, 6) is 2.62. The second kappa shape index (κ2) is 13.1. The molecule has 1 aromatic heterocycles. The predicted molar refractivity (Wildman–Crippen MR) is 98.6 cm³/mol. The van der Waals surface area contributed by atoms with Crippen molar-refractivity contribution in [2.45, 2.75) is 59.9 Å². The van der Waals surface area contributed by atoms with Gasteiger partial charge >= 0.3 is 0 Å². The number of nitrogens with zero attached hydrogens (tertiary/aromatic N) is 2. The van der Waals surface area contributed by atoms with Crippen LogP contribution in [0.3, 0.4) is 0 Å². The molecule has 1 saturated heterocycles. The van der Waals surface area contributed by atoms with Gasteiger partial charge in [0.1, 0.15) is 12.3 Å². The van der Waals surface area contributed by atoms with Crippen molar-refractivity contribution in [1.82, 2.24) is 15.4 Å². The number of carbonyl (C=O) groups excluding carboxylic acids is 2. The Balaban J connectivity index is 0.000000596. The van der Waals surface area contributed by atoms with Crippen LogP contribution < -0.4 is 5.32 Å². The van der Waals surface area contributed by atoms with Crippen LogP contribution in [-0.2, 0) is 9.59 Å². The molecule has 1 N–H and O–H groups in total. The highest BCUT2D eigenvalue weighted by atomic mass is 16.5. The maximum Gasteiger partial charge on any atom is 0.243 e. The summed E-state index contributed by atoms with van der Waals surface area (Å²) < 4.78 is 4.46. The second-order valence-corrected chi connectivity index (χ2v) is 5.91. The number of aryl methyl sites for hydroxylation is 1. The second-order valence-electron chi connectivity index (χ2n) is 5.91. The molecule has 1 aromatic rings. The van der Waals surface area contributed by atoms with Gasteiger partial charge in [-0.05, 0) is 25.7 Å². The van der Waals surface area contributed by atoms with Gasteiger partial charge in [0.15, 0.2) is 0 Å². The minimum absolute atomic E-state index is 0.0679. The van der Waals surface area contributed by atoms with Crippen molar-refractivity contribution in [2.75, 3.05) is 13.1 Å². The molecule has 1 aliphatic rings. The molecule has 25 heavy (non-hydrogen) atoms. The average Bonchev–Trinajstić information content (AvgIpc) is 3.25. The van der Waals surface area contributed by atoms with Crippen molar-refractivity contribution in [3.8, 4) is 12.3 Å². The molecule has 6 nitrogen and oxygen atoms in total. The Morgan fingerprint density at radius 2 is 2.16 bits per heavy atom. The minimum atomic E-state index is -0.324. The van der Waals surface area contributed by atoms with Crippen LogP contribution in [0, 0.1) is 25.2 Å². The monoisotopic (exact) mass is 349 g/mol. The fourth-order valence-electron chi connectivity index (χ4n) is 2.33. The Bertz CT molecular complexity index is 533. The third kappa shape index (κ3) is 8.94. The Labute approximate surface area is 151 Å². The van der Waals surface area contributed by atoms with E-state index in [-0.39, 0.29) is 24.4 Å². The first-order valence-electron chi connectivity index (χ1n) is 8.83. The highest BCUT2D eigenvalue weighted by molar-refractivity contribution is 5.88. The van der Waals surface area contributed by atoms with Gasteiger partial charge in [0.2, 0.25) is 11.8 Å². The van der Waals surface area contributed by atoms with Gasteiger partial charge in [-0.3, -0.25) is 9.59 Å². The van der Waals surface area contributed by atoms with Gasteiger partial charge in [-0.15, -0.1) is 6.42 Å². The van der Waals surface area contributed by atoms with Gasteiger partial charge in [0, 0.05) is 19.0 Å². The third-order valence-electron chi connectivity index (χ3n) is 3.39. The van der Waals surface area contributed by atoms with E-state index in [0.29, 0.717) is 18.9 Å². The van der Waals surface area contributed by atoms with E-state index in [9.17, 15) is 9.59 Å². The summed E-state index contributed by atoms with van der Waals surface area (Å²) in [6, 6.07) is 1.48. The molecule has 1 atom stereocenters. The van der Waals surface area contributed by atoms with E-state index < -0.39 is 0 Å². The SMILES string of the molecule is C#CCNC(=O)C1CCCN1C(=O)CC(C)C.CC.Cc1ccon1. The number of likely N-dealkylation sites (tertiary alicyclic amines) is 1. The van der Waals surface area contributed by atoms with Crippen LogP contribution in [0.2, 0.25) is 0 Å². The third-order valence-corrected chi connectivity index (χ3v) is 3.39. The highest BCUT2D eigenvalue weighted by Gasteiger charge is 2.33. The van der Waals surface area contributed by atoms with Gasteiger partial charge in [-0.25, -0.2) is 0 Å². The Kier molecular flexibility index (Phi) is 11.9. The Hall–Kier alpha value is -2.29. The maximum absolute atomic E-state index is 12.0. The summed E-state index contributed by atoms with van der Waals surface area (Å²) in [7, 11) is 0. The molecule has 2 heterocycles. The normalized spacial score (nSPS) is 15.4. The zero-order valence-corrected chi connectivity index (χ0v) is 16.0. The van der Waals surface area contributed by atoms with E-state index in [1.165, 1.54) is 0 Å². The van der Waals surface area contributed by atoms with E-state index in [2.05, 4.69) is 20.9 Å². The highest BCUT2D eigenvalue weighted by Crippen LogP contribution is 2.19. The number of hydrogen-bond donors (Lipinski definition) is 1. The topological polar surface area (TPSA) is 75.4 Å². The summed E-state index contributed by atoms with van der Waals surface area (Å²) in [6.07, 6.45) is 8.76. The van der Waals surface area contributed by atoms with Crippen LogP contribution in [0.15, 0.2) is 16.9 Å². The molecular weight excluding hydrogens is 318 g/mol. The van der Waals surface area contributed by atoms with Crippen LogP contribution in [0.1, 0.15) is 52.7 Å². The summed E-state index contributed by atoms with van der Waals surface area (Å²) in [5.41, 5.74) is 0.926. The number of aromatic nitrogens is 1. The zero-order chi connectivity index (χ0) is 19.2. The molecular formula is C19H31N3O3. The van der Waals surface area contributed by atoms with Gasteiger partial charge < -0.3 is 14.7 Å². The zero-order valence-electron chi connectivity index (χ0n) is 16.0. The van der Waals surface area contributed by atoms with Crippen molar-refractivity contribution in [3.63, 3.8) is 0 Å². The van der Waals surface area contributed by atoms with E-state index >= 15 is 0 Å². The number of nitrogens with one attached hydrogen (secondary N) is 1. The van der Waals surface area contributed by atoms with Crippen molar-refractivity contribution in [2.24, 2.45) is 5.92 Å². The van der Waals surface area contributed by atoms with Gasteiger partial charge in [-0.2, -0.15) is 0 Å². The number of hydrogen-bond acceptors (Lipinski definition) is 4. The molecule has 6 heteroatoms. The Morgan fingerprint density at radius 1 is 1.48 bits per heavy atom. The first kappa shape index (κ1) is 22.7. The predicted octanol–water partition coefficient (Wildman–Crippen LogP) is 2.78. The molecule has 0 aliphatic carbocycles. The molecule has 2 amide bonds. The lowest BCUT2D eigenvalue weighted by Crippen LogP contribution is -2.46. The van der Waals surface area contributed by atoms with Crippen LogP contribution in [0.4, 0.5) is 0 Å². The summed E-state index contributed by atoms with van der Waals surface area (Å²) in [4.78, 5) is 25.4. The number of terminal acetylenes is 1. The lowest BCUT2D eigenvalue weighted by molar-refractivity contribution is -0.138. The van der Waals surface area contributed by atoms with Gasteiger partial charge in [0.05, 0.1) is 12.2 Å². The van der Waals surface area contributed by atoms with Crippen molar-refractivity contribution in [3.05, 3.63) is 18.0 Å². The quantitative estimate of drug-likeness (QED) is 0.848. The van der Waals surface area contributed by atoms with E-state index in [1.54, 1.807) is 17.2 Å². The average molecular weight is 349 g/mol. The molecule has 0 saturated carbocycles. The van der Waals surface area contributed by atoms with E-state index in [1.807, 2.05) is 34.6 Å². The van der Waals surface area contributed by atoms with Gasteiger partial charge in [-0.1, -0.05) is 38.8 Å². The molecule has 0 radical (unpaired) electrons. The molecule has 0 aromatic carbocycles. The first-order chi connectivity index (χ1) is 12.0. The molecule has 0 spiro atoms. The molecule has 1 unspecified atom stereocenters. The number of carbonyl (C=O) groups is 2. The number of rotatable bonds is 4. The van der Waals surface area contributed by atoms with Crippen molar-refractivity contribution >= 4 is 11.8 Å². The van der Waals surface area contributed by atoms with Crippen molar-refractivity contribution in [1.29, 1.82) is 0 Å². The van der Waals surface area contributed by atoms with Gasteiger partial charge in [0.25, 0.3) is 0 Å². The first-order valence-corrected chi connectivity index (χ1v) is 8.83. The largest absolute Gasteiger partial charge is 0.365 e. The van der Waals surface area contributed by atoms with Crippen molar-refractivity contribution < 1.29 is 14.1 Å². The minimum Gasteiger partial charge on any atom is -0.365 e. The Morgan fingerprint density at radius 3 is 2.60 bits per heavy atom. The standard InChI is InChI=1S/C13H20N2O2.C4H5NO.C2H6/c1-4-7-14-13(17)11-6-5-8-15(11)12(16)9-10(2)3;1-4-2-3-6-5-4;1-2/h1,10-11H,5-9H2,2-3H3,(H,14,17);2-3H,1H3;1-2H3. The van der Waals surface area contributed by atoms with Crippen LogP contribution >= 0.6 is 0 Å². The summed E-state index contributed by atoms with van der Waals surface area (Å²) >= 11 is 0. The summed E-state index contributed by atoms with van der Waals surface area (Å²) in [5, 5.41) is 6.19. The van der Waals surface area contributed by atoms with Crippen LogP contribution in [0.5, 0.6) is 0 Å². The van der Waals surface area contributed by atoms with E-state index in [0.717, 1.165) is 18.5 Å². The number of amides is 2. The molecule has 0 bridgehead atoms. The smallest absolute Gasteiger partial charge is 0.243 e. The fourth-order valence-corrected chi connectivity index (χ4v) is 2.33. The molecule has 140 valence electrons. The van der Waals surface area contributed by atoms with Crippen LogP contribution in [-0.4, -0.2) is 41.0 Å². The lowest BCUT2D eigenvalue weighted by atomic mass is 10.1. The molecule has 1 aliphatic heterocycles.